The van der Waals surface area contributed by atoms with Gasteiger partial charge in [0.1, 0.15) is 6.33 Å². The van der Waals surface area contributed by atoms with Gasteiger partial charge in [-0.2, -0.15) is 0 Å². The number of rotatable bonds is 5. The molecule has 0 aliphatic rings. The number of anilines is 1. The molecule has 0 saturated heterocycles. The number of nitrogens with two attached hydrogens (primary N) is 1. The molecule has 1 unspecified atom stereocenters. The van der Waals surface area contributed by atoms with Gasteiger partial charge < -0.3 is 11.1 Å². The molecule has 0 aliphatic carbocycles. The minimum absolute atomic E-state index is 0. The molecule has 7 nitrogen and oxygen atoms in total. The molecule has 0 bridgehead atoms. The van der Waals surface area contributed by atoms with Crippen LogP contribution < -0.4 is 11.1 Å². The van der Waals surface area contributed by atoms with Crippen LogP contribution in [-0.4, -0.2) is 32.2 Å². The van der Waals surface area contributed by atoms with Gasteiger partial charge in [-0.1, -0.05) is 19.4 Å². The highest BCUT2D eigenvalue weighted by atomic mass is 35.5. The molecule has 21 heavy (non-hydrogen) atoms. The number of hydrogen-bond donors (Lipinski definition) is 2. The smallest absolute Gasteiger partial charge is 0.241 e. The SMILES string of the molecule is CCCC(N)C(=O)Nc1ccc(C)c(-n2cnnn2)c1.Cl. The fraction of sp³-hybridized carbons (Fsp3) is 0.385. The number of benzene rings is 1. The number of amides is 1. The van der Waals surface area contributed by atoms with E-state index in [1.807, 2.05) is 32.0 Å². The van der Waals surface area contributed by atoms with E-state index in [1.54, 1.807) is 4.68 Å². The summed E-state index contributed by atoms with van der Waals surface area (Å²) in [7, 11) is 0. The number of carbonyl (C=O) groups excluding carboxylic acids is 1. The lowest BCUT2D eigenvalue weighted by atomic mass is 10.1. The van der Waals surface area contributed by atoms with Crippen molar-refractivity contribution in [3.05, 3.63) is 30.1 Å². The first-order valence-electron chi connectivity index (χ1n) is 6.52. The molecular weight excluding hydrogens is 292 g/mol. The van der Waals surface area contributed by atoms with Crippen LogP contribution in [0.15, 0.2) is 24.5 Å². The predicted molar refractivity (Wildman–Crippen MR) is 82.7 cm³/mol. The van der Waals surface area contributed by atoms with Gasteiger partial charge in [-0.25, -0.2) is 4.68 Å². The van der Waals surface area contributed by atoms with Crippen molar-refractivity contribution < 1.29 is 4.79 Å². The highest BCUT2D eigenvalue weighted by Gasteiger charge is 2.13. The van der Waals surface area contributed by atoms with E-state index < -0.39 is 6.04 Å². The van der Waals surface area contributed by atoms with Crippen molar-refractivity contribution in [3.8, 4) is 5.69 Å². The van der Waals surface area contributed by atoms with Crippen LogP contribution in [0, 0.1) is 6.92 Å². The molecule has 1 aromatic carbocycles. The van der Waals surface area contributed by atoms with Crippen LogP contribution in [0.4, 0.5) is 5.69 Å². The molecule has 3 N–H and O–H groups in total. The molecule has 2 rings (SSSR count). The Morgan fingerprint density at radius 2 is 2.24 bits per heavy atom. The van der Waals surface area contributed by atoms with Gasteiger partial charge in [0.25, 0.3) is 0 Å². The van der Waals surface area contributed by atoms with E-state index in [9.17, 15) is 4.79 Å². The molecule has 0 aliphatic heterocycles. The minimum Gasteiger partial charge on any atom is -0.325 e. The lowest BCUT2D eigenvalue weighted by molar-refractivity contribution is -0.117. The third-order valence-corrected chi connectivity index (χ3v) is 3.01. The van der Waals surface area contributed by atoms with Crippen molar-refractivity contribution in [1.82, 2.24) is 20.2 Å². The number of tetrazole rings is 1. The zero-order valence-corrected chi connectivity index (χ0v) is 12.8. The van der Waals surface area contributed by atoms with Gasteiger partial charge in [0.2, 0.25) is 5.91 Å². The first-order chi connectivity index (χ1) is 9.61. The molecule has 1 aromatic heterocycles. The van der Waals surface area contributed by atoms with Gasteiger partial charge in [-0.05, 0) is 41.5 Å². The molecule has 1 amide bonds. The van der Waals surface area contributed by atoms with Crippen molar-refractivity contribution in [2.75, 3.05) is 5.32 Å². The van der Waals surface area contributed by atoms with E-state index in [-0.39, 0.29) is 18.3 Å². The summed E-state index contributed by atoms with van der Waals surface area (Å²) in [6.45, 7) is 3.94. The van der Waals surface area contributed by atoms with Gasteiger partial charge in [-0.15, -0.1) is 17.5 Å². The minimum atomic E-state index is -0.488. The number of aryl methyl sites for hydroxylation is 1. The summed E-state index contributed by atoms with van der Waals surface area (Å²) in [5.41, 5.74) is 8.29. The van der Waals surface area contributed by atoms with E-state index in [4.69, 9.17) is 5.73 Å². The summed E-state index contributed by atoms with van der Waals surface area (Å²) in [5.74, 6) is -0.182. The number of nitrogens with one attached hydrogen (secondary N) is 1. The van der Waals surface area contributed by atoms with E-state index in [1.165, 1.54) is 6.33 Å². The lowest BCUT2D eigenvalue weighted by Gasteiger charge is -2.13. The Morgan fingerprint density at radius 3 is 2.86 bits per heavy atom. The van der Waals surface area contributed by atoms with Crippen LogP contribution in [0.2, 0.25) is 0 Å². The van der Waals surface area contributed by atoms with Gasteiger partial charge >= 0.3 is 0 Å². The molecule has 0 saturated carbocycles. The molecule has 1 atom stereocenters. The zero-order chi connectivity index (χ0) is 14.5. The highest BCUT2D eigenvalue weighted by Crippen LogP contribution is 2.18. The first kappa shape index (κ1) is 17.1. The Morgan fingerprint density at radius 1 is 1.48 bits per heavy atom. The monoisotopic (exact) mass is 310 g/mol. The maximum atomic E-state index is 11.9. The first-order valence-corrected chi connectivity index (χ1v) is 6.52. The third kappa shape index (κ3) is 4.24. The van der Waals surface area contributed by atoms with Crippen LogP contribution >= 0.6 is 12.4 Å². The van der Waals surface area contributed by atoms with Gasteiger partial charge in [-0.3, -0.25) is 4.79 Å². The molecule has 1 heterocycles. The van der Waals surface area contributed by atoms with Gasteiger partial charge in [0.05, 0.1) is 11.7 Å². The van der Waals surface area contributed by atoms with Crippen molar-refractivity contribution >= 4 is 24.0 Å². The normalized spacial score (nSPS) is 11.6. The van der Waals surface area contributed by atoms with Crippen molar-refractivity contribution in [3.63, 3.8) is 0 Å². The van der Waals surface area contributed by atoms with Crippen LogP contribution in [0.1, 0.15) is 25.3 Å². The molecule has 2 aromatic rings. The Hall–Kier alpha value is -1.99. The van der Waals surface area contributed by atoms with Gasteiger partial charge in [0.15, 0.2) is 0 Å². The Bertz CT molecular complexity index is 586. The van der Waals surface area contributed by atoms with Crippen molar-refractivity contribution in [1.29, 1.82) is 0 Å². The van der Waals surface area contributed by atoms with Gasteiger partial charge in [0, 0.05) is 5.69 Å². The topological polar surface area (TPSA) is 98.7 Å². The standard InChI is InChI=1S/C13H18N6O.ClH/c1-3-4-11(14)13(20)16-10-6-5-9(2)12(7-10)19-8-15-17-18-19;/h5-8,11H,3-4,14H2,1-2H3,(H,16,20);1H. The maximum Gasteiger partial charge on any atom is 0.241 e. The van der Waals surface area contributed by atoms with Crippen molar-refractivity contribution in [2.45, 2.75) is 32.7 Å². The zero-order valence-electron chi connectivity index (χ0n) is 12.0. The molecule has 0 spiro atoms. The van der Waals surface area contributed by atoms with E-state index >= 15 is 0 Å². The average molecular weight is 311 g/mol. The Labute approximate surface area is 129 Å². The van der Waals surface area contributed by atoms with E-state index in [2.05, 4.69) is 20.8 Å². The number of hydrogen-bond acceptors (Lipinski definition) is 5. The van der Waals surface area contributed by atoms with Crippen LogP contribution in [0.5, 0.6) is 0 Å². The quantitative estimate of drug-likeness (QED) is 0.871. The summed E-state index contributed by atoms with van der Waals surface area (Å²) in [5, 5.41) is 13.9. The Kier molecular flexibility index (Phi) is 6.26. The fourth-order valence-electron chi connectivity index (χ4n) is 1.88. The van der Waals surface area contributed by atoms with Crippen LogP contribution in [-0.2, 0) is 4.79 Å². The van der Waals surface area contributed by atoms with E-state index in [0.29, 0.717) is 12.1 Å². The molecule has 114 valence electrons. The lowest BCUT2D eigenvalue weighted by Crippen LogP contribution is -2.35. The second kappa shape index (κ2) is 7.70. The number of nitrogens with zero attached hydrogens (tertiary/aromatic N) is 4. The molecular formula is C13H19ClN6O. The summed E-state index contributed by atoms with van der Waals surface area (Å²) >= 11 is 0. The molecule has 0 fully saturated rings. The number of carbonyl (C=O) groups is 1. The summed E-state index contributed by atoms with van der Waals surface area (Å²) in [4.78, 5) is 11.9. The fourth-order valence-corrected chi connectivity index (χ4v) is 1.88. The number of halogens is 1. The second-order valence-electron chi connectivity index (χ2n) is 4.64. The summed E-state index contributed by atoms with van der Waals surface area (Å²) < 4.78 is 1.55. The molecule has 8 heteroatoms. The van der Waals surface area contributed by atoms with Crippen molar-refractivity contribution in [2.24, 2.45) is 5.73 Å². The average Bonchev–Trinajstić information content (AvgIpc) is 2.95. The van der Waals surface area contributed by atoms with Crippen LogP contribution in [0.25, 0.3) is 5.69 Å². The second-order valence-corrected chi connectivity index (χ2v) is 4.64. The maximum absolute atomic E-state index is 11.9. The highest BCUT2D eigenvalue weighted by molar-refractivity contribution is 5.94. The van der Waals surface area contributed by atoms with E-state index in [0.717, 1.165) is 17.7 Å². The third-order valence-electron chi connectivity index (χ3n) is 3.01. The summed E-state index contributed by atoms with van der Waals surface area (Å²) in [6, 6.07) is 5.07. The predicted octanol–water partition coefficient (Wildman–Crippen LogP) is 1.46. The Balaban J connectivity index is 0.00000220. The van der Waals surface area contributed by atoms with Crippen LogP contribution in [0.3, 0.4) is 0 Å². The summed E-state index contributed by atoms with van der Waals surface area (Å²) in [6.07, 6.45) is 3.05. The largest absolute Gasteiger partial charge is 0.325 e. The number of aromatic nitrogens is 4. The molecule has 0 radical (unpaired) electrons.